The highest BCUT2D eigenvalue weighted by Gasteiger charge is 2.37. The Morgan fingerprint density at radius 1 is 1.04 bits per heavy atom. The van der Waals surface area contributed by atoms with Crippen LogP contribution in [0.3, 0.4) is 0 Å². The molecule has 0 spiro atoms. The van der Waals surface area contributed by atoms with E-state index in [0.29, 0.717) is 0 Å². The van der Waals surface area contributed by atoms with Crippen molar-refractivity contribution in [3.8, 4) is 0 Å². The molecule has 0 aromatic heterocycles. The maximum Gasteiger partial charge on any atom is 0.124 e. The molecule has 0 saturated heterocycles. The Morgan fingerprint density at radius 2 is 1.68 bits per heavy atom. The largest absolute Gasteiger partial charge is 0.370 e. The van der Waals surface area contributed by atoms with Crippen LogP contribution in [0, 0.1) is 0 Å². The quantitative estimate of drug-likeness (QED) is 0.704. The third-order valence-corrected chi connectivity index (χ3v) is 4.25. The number of benzene rings is 1. The highest BCUT2D eigenvalue weighted by atomic mass is 15.6. The molecule has 2 aliphatic rings. The van der Waals surface area contributed by atoms with Gasteiger partial charge in [0, 0.05) is 31.9 Å². The van der Waals surface area contributed by atoms with Gasteiger partial charge in [-0.3, -0.25) is 5.01 Å². The smallest absolute Gasteiger partial charge is 0.124 e. The molecule has 0 aliphatic carbocycles. The lowest BCUT2D eigenvalue weighted by Gasteiger charge is -2.33. The molecule has 25 heavy (non-hydrogen) atoms. The standard InChI is InChI=1S/C17H20N4.2C2H6/c1-5-12-11-20(3)15-10-8-7-9-14(15)17-16(13(12)6-2)18-19-21(17)4;2*1-2/h5-10,16-17H,1-2,11H2,3-4H3;2*1-2H3/b13-12-;;. The fourth-order valence-electron chi connectivity index (χ4n) is 3.21. The van der Waals surface area contributed by atoms with E-state index in [9.17, 15) is 0 Å². The first-order chi connectivity index (χ1) is 12.2. The van der Waals surface area contributed by atoms with Crippen LogP contribution in [0.2, 0.25) is 0 Å². The summed E-state index contributed by atoms with van der Waals surface area (Å²) in [4.78, 5) is 2.25. The number of fused-ring (bicyclic) bond motifs is 3. The van der Waals surface area contributed by atoms with Crippen molar-refractivity contribution < 1.29 is 0 Å². The highest BCUT2D eigenvalue weighted by Crippen LogP contribution is 2.42. The van der Waals surface area contributed by atoms with E-state index in [-0.39, 0.29) is 12.1 Å². The molecule has 4 heteroatoms. The van der Waals surface area contributed by atoms with Gasteiger partial charge in [0.1, 0.15) is 12.1 Å². The average Bonchev–Trinajstić information content (AvgIpc) is 3.04. The minimum absolute atomic E-state index is 0.0182. The van der Waals surface area contributed by atoms with Crippen molar-refractivity contribution in [3.63, 3.8) is 0 Å². The third-order valence-electron chi connectivity index (χ3n) is 4.25. The number of nitrogens with zero attached hydrogens (tertiary/aromatic N) is 4. The molecule has 0 N–H and O–H groups in total. The number of hydrogen-bond donors (Lipinski definition) is 0. The SMILES string of the molecule is C=C/C1=C(\C=C)C2N=NN(C)C2c2ccccc2N(C)C1.CC.CC. The van der Waals surface area contributed by atoms with E-state index in [0.717, 1.165) is 17.7 Å². The molecule has 2 unspecified atom stereocenters. The van der Waals surface area contributed by atoms with Crippen LogP contribution in [0.1, 0.15) is 39.3 Å². The maximum absolute atomic E-state index is 4.47. The first-order valence-electron chi connectivity index (χ1n) is 9.09. The minimum Gasteiger partial charge on any atom is -0.370 e. The molecule has 1 aromatic carbocycles. The van der Waals surface area contributed by atoms with Crippen LogP contribution in [-0.4, -0.2) is 31.7 Å². The Kier molecular flexibility index (Phi) is 8.12. The normalized spacial score (nSPS) is 23.8. The molecule has 0 saturated carbocycles. The molecule has 2 heterocycles. The molecule has 1 aromatic rings. The predicted molar refractivity (Wildman–Crippen MR) is 109 cm³/mol. The van der Waals surface area contributed by atoms with E-state index in [4.69, 9.17) is 0 Å². The van der Waals surface area contributed by atoms with Crippen LogP contribution in [0.15, 0.2) is 71.1 Å². The van der Waals surface area contributed by atoms with Gasteiger partial charge in [0.05, 0.1) is 0 Å². The summed E-state index contributed by atoms with van der Waals surface area (Å²) < 4.78 is 0. The van der Waals surface area contributed by atoms with E-state index in [1.165, 1.54) is 11.3 Å². The Hall–Kier alpha value is -2.36. The number of anilines is 1. The van der Waals surface area contributed by atoms with Gasteiger partial charge in [0.15, 0.2) is 0 Å². The molecule has 3 rings (SSSR count). The number of likely N-dealkylation sites (N-methyl/N-ethyl adjacent to an activating group) is 2. The second kappa shape index (κ2) is 9.82. The van der Waals surface area contributed by atoms with E-state index < -0.39 is 0 Å². The Morgan fingerprint density at radius 3 is 2.28 bits per heavy atom. The predicted octanol–water partition coefficient (Wildman–Crippen LogP) is 5.58. The first-order valence-corrected chi connectivity index (χ1v) is 9.09. The zero-order valence-electron chi connectivity index (χ0n) is 16.5. The van der Waals surface area contributed by atoms with Crippen LogP contribution in [0.5, 0.6) is 0 Å². The average molecular weight is 341 g/mol. The number of rotatable bonds is 2. The van der Waals surface area contributed by atoms with Crippen LogP contribution >= 0.6 is 0 Å². The van der Waals surface area contributed by atoms with E-state index >= 15 is 0 Å². The highest BCUT2D eigenvalue weighted by molar-refractivity contribution is 5.59. The van der Waals surface area contributed by atoms with Gasteiger partial charge in [-0.25, -0.2) is 0 Å². The molecule has 0 bridgehead atoms. The third kappa shape index (κ3) is 4.01. The van der Waals surface area contributed by atoms with Crippen molar-refractivity contribution >= 4 is 5.69 Å². The second-order valence-electron chi connectivity index (χ2n) is 5.47. The van der Waals surface area contributed by atoms with Crippen LogP contribution < -0.4 is 4.90 Å². The van der Waals surface area contributed by atoms with Crippen molar-refractivity contribution in [1.29, 1.82) is 0 Å². The molecule has 0 radical (unpaired) electrons. The summed E-state index contributed by atoms with van der Waals surface area (Å²) in [6.07, 6.45) is 3.81. The van der Waals surface area contributed by atoms with Gasteiger partial charge >= 0.3 is 0 Å². The summed E-state index contributed by atoms with van der Waals surface area (Å²) in [5.74, 6) is 0. The van der Waals surface area contributed by atoms with Gasteiger partial charge in [-0.15, -0.1) is 0 Å². The zero-order chi connectivity index (χ0) is 19.0. The Labute approximate surface area is 153 Å². The van der Waals surface area contributed by atoms with Crippen LogP contribution in [-0.2, 0) is 0 Å². The molecule has 2 atom stereocenters. The van der Waals surface area contributed by atoms with E-state index in [1.54, 1.807) is 0 Å². The van der Waals surface area contributed by atoms with Crippen molar-refractivity contribution in [2.24, 2.45) is 10.3 Å². The van der Waals surface area contributed by atoms with Crippen molar-refractivity contribution in [3.05, 3.63) is 66.3 Å². The minimum atomic E-state index is -0.0182. The van der Waals surface area contributed by atoms with Crippen molar-refractivity contribution in [2.45, 2.75) is 39.8 Å². The topological polar surface area (TPSA) is 31.2 Å². The molecule has 0 amide bonds. The summed E-state index contributed by atoms with van der Waals surface area (Å²) in [5.41, 5.74) is 4.74. The summed E-state index contributed by atoms with van der Waals surface area (Å²) in [6.45, 7) is 16.7. The van der Waals surface area contributed by atoms with Gasteiger partial charge < -0.3 is 4.90 Å². The monoisotopic (exact) mass is 340 g/mol. The van der Waals surface area contributed by atoms with Crippen molar-refractivity contribution in [2.75, 3.05) is 25.5 Å². The van der Waals surface area contributed by atoms with Gasteiger partial charge in [0.25, 0.3) is 0 Å². The summed E-state index contributed by atoms with van der Waals surface area (Å²) >= 11 is 0. The summed E-state index contributed by atoms with van der Waals surface area (Å²) in [6, 6.07) is 8.54. The van der Waals surface area contributed by atoms with E-state index in [1.807, 2.05) is 51.9 Å². The molecule has 136 valence electrons. The molecular formula is C21H32N4. The zero-order valence-corrected chi connectivity index (χ0v) is 16.5. The van der Waals surface area contributed by atoms with Crippen LogP contribution in [0.4, 0.5) is 5.69 Å². The van der Waals surface area contributed by atoms with Gasteiger partial charge in [0.2, 0.25) is 0 Å². The lowest BCUT2D eigenvalue weighted by atomic mass is 9.88. The van der Waals surface area contributed by atoms with Crippen molar-refractivity contribution in [1.82, 2.24) is 5.01 Å². The molecule has 2 aliphatic heterocycles. The van der Waals surface area contributed by atoms with Gasteiger partial charge in [-0.2, -0.15) is 5.11 Å². The Bertz CT molecular complexity index is 645. The molecule has 4 nitrogen and oxygen atoms in total. The fourth-order valence-corrected chi connectivity index (χ4v) is 3.21. The maximum atomic E-state index is 4.47. The number of hydrogen-bond acceptors (Lipinski definition) is 4. The Balaban J connectivity index is 0.000000730. The first kappa shape index (κ1) is 20.7. The summed E-state index contributed by atoms with van der Waals surface area (Å²) in [5, 5.41) is 10.7. The fraction of sp³-hybridized carbons (Fsp3) is 0.429. The lowest BCUT2D eigenvalue weighted by molar-refractivity contribution is 0.282. The number of para-hydroxylation sites is 1. The second-order valence-corrected chi connectivity index (χ2v) is 5.47. The molecule has 0 fully saturated rings. The van der Waals surface area contributed by atoms with Gasteiger partial charge in [-0.1, -0.05) is 76.4 Å². The molecular weight excluding hydrogens is 308 g/mol. The van der Waals surface area contributed by atoms with Gasteiger partial charge in [-0.05, 0) is 17.2 Å². The van der Waals surface area contributed by atoms with Crippen LogP contribution in [0.25, 0.3) is 0 Å². The lowest BCUT2D eigenvalue weighted by Crippen LogP contribution is -2.32. The summed E-state index contributed by atoms with van der Waals surface area (Å²) in [7, 11) is 4.08. The van der Waals surface area contributed by atoms with E-state index in [2.05, 4.69) is 59.7 Å².